The van der Waals surface area contributed by atoms with E-state index in [-0.39, 0.29) is 4.90 Å². The zero-order valence-electron chi connectivity index (χ0n) is 12.2. The zero-order chi connectivity index (χ0) is 14.8. The summed E-state index contributed by atoms with van der Waals surface area (Å²) in [4.78, 5) is 0.0926. The van der Waals surface area contributed by atoms with Crippen molar-refractivity contribution >= 4 is 9.84 Å². The van der Waals surface area contributed by atoms with Gasteiger partial charge in [0.1, 0.15) is 5.82 Å². The molecule has 0 aliphatic carbocycles. The van der Waals surface area contributed by atoms with Gasteiger partial charge in [-0.2, -0.15) is 0 Å². The highest BCUT2D eigenvalue weighted by Gasteiger charge is 2.12. The molecule has 0 unspecified atom stereocenters. The van der Waals surface area contributed by atoms with E-state index in [1.807, 2.05) is 20.8 Å². The summed E-state index contributed by atoms with van der Waals surface area (Å²) >= 11 is 0. The molecular formula is C14H25FO2S. The van der Waals surface area contributed by atoms with Gasteiger partial charge in [-0.25, -0.2) is 12.8 Å². The van der Waals surface area contributed by atoms with E-state index in [1.165, 1.54) is 18.6 Å². The summed E-state index contributed by atoms with van der Waals surface area (Å²) in [6.45, 7) is 10.1. The van der Waals surface area contributed by atoms with Gasteiger partial charge in [0.05, 0.1) is 4.90 Å². The van der Waals surface area contributed by atoms with Gasteiger partial charge in [0, 0.05) is 6.26 Å². The third-order valence-corrected chi connectivity index (χ3v) is 2.99. The summed E-state index contributed by atoms with van der Waals surface area (Å²) in [5, 5.41) is 0. The van der Waals surface area contributed by atoms with Crippen molar-refractivity contribution in [3.63, 3.8) is 0 Å². The van der Waals surface area contributed by atoms with Gasteiger partial charge >= 0.3 is 0 Å². The lowest BCUT2D eigenvalue weighted by Gasteiger charge is -2.04. The van der Waals surface area contributed by atoms with Crippen LogP contribution in [0, 0.1) is 5.82 Å². The molecular weight excluding hydrogens is 251 g/mol. The first kappa shape index (κ1) is 19.4. The zero-order valence-corrected chi connectivity index (χ0v) is 13.1. The van der Waals surface area contributed by atoms with Gasteiger partial charge in [0.25, 0.3) is 0 Å². The molecule has 0 N–H and O–H groups in total. The first-order chi connectivity index (χ1) is 8.36. The number of aryl methyl sites for hydroxylation is 1. The molecule has 0 amide bonds. The minimum atomic E-state index is -3.31. The Kier molecular flexibility index (Phi) is 10.9. The SMILES string of the molecule is CC.CCC.CCc1ccc(F)cc1S(C)(=O)=O. The molecule has 0 heterocycles. The fraction of sp³-hybridized carbons (Fsp3) is 0.571. The largest absolute Gasteiger partial charge is 0.224 e. The third-order valence-electron chi connectivity index (χ3n) is 1.81. The molecule has 0 aromatic heterocycles. The molecule has 0 aliphatic heterocycles. The third kappa shape index (κ3) is 7.43. The van der Waals surface area contributed by atoms with Crippen LogP contribution in [0.3, 0.4) is 0 Å². The molecule has 0 aliphatic rings. The van der Waals surface area contributed by atoms with Gasteiger partial charge in [-0.3, -0.25) is 0 Å². The minimum Gasteiger partial charge on any atom is -0.224 e. The van der Waals surface area contributed by atoms with Crippen LogP contribution in [0.1, 0.15) is 46.6 Å². The fourth-order valence-electron chi connectivity index (χ4n) is 1.17. The molecule has 0 saturated carbocycles. The second-order valence-corrected chi connectivity index (χ2v) is 5.57. The Morgan fingerprint density at radius 1 is 1.11 bits per heavy atom. The van der Waals surface area contributed by atoms with Crippen LogP contribution in [-0.2, 0) is 16.3 Å². The van der Waals surface area contributed by atoms with E-state index in [1.54, 1.807) is 0 Å². The number of rotatable bonds is 2. The van der Waals surface area contributed by atoms with Crippen LogP contribution in [0.2, 0.25) is 0 Å². The van der Waals surface area contributed by atoms with Crippen LogP contribution in [0.15, 0.2) is 23.1 Å². The quantitative estimate of drug-likeness (QED) is 0.810. The smallest absolute Gasteiger partial charge is 0.175 e. The van der Waals surface area contributed by atoms with E-state index < -0.39 is 15.7 Å². The summed E-state index contributed by atoms with van der Waals surface area (Å²) in [7, 11) is -3.31. The first-order valence-corrected chi connectivity index (χ1v) is 8.24. The van der Waals surface area contributed by atoms with Crippen molar-refractivity contribution < 1.29 is 12.8 Å². The van der Waals surface area contributed by atoms with Crippen LogP contribution in [0.25, 0.3) is 0 Å². The van der Waals surface area contributed by atoms with Crippen molar-refractivity contribution in [2.24, 2.45) is 0 Å². The molecule has 1 rings (SSSR count). The Hall–Kier alpha value is -0.900. The average molecular weight is 276 g/mol. The van der Waals surface area contributed by atoms with E-state index in [4.69, 9.17) is 0 Å². The molecule has 1 aromatic rings. The molecule has 0 radical (unpaired) electrons. The maximum Gasteiger partial charge on any atom is 0.175 e. The van der Waals surface area contributed by atoms with Crippen molar-refractivity contribution in [1.82, 2.24) is 0 Å². The normalized spacial score (nSPS) is 9.72. The van der Waals surface area contributed by atoms with E-state index in [0.717, 1.165) is 12.3 Å². The molecule has 2 nitrogen and oxygen atoms in total. The van der Waals surface area contributed by atoms with Crippen molar-refractivity contribution in [1.29, 1.82) is 0 Å². The van der Waals surface area contributed by atoms with Crippen molar-refractivity contribution in [3.8, 4) is 0 Å². The van der Waals surface area contributed by atoms with Crippen LogP contribution < -0.4 is 0 Å². The summed E-state index contributed by atoms with van der Waals surface area (Å²) in [5.41, 5.74) is 0.656. The van der Waals surface area contributed by atoms with Gasteiger partial charge in [-0.15, -0.1) is 0 Å². The Bertz CT molecular complexity index is 425. The van der Waals surface area contributed by atoms with E-state index in [0.29, 0.717) is 12.0 Å². The highest BCUT2D eigenvalue weighted by molar-refractivity contribution is 7.90. The predicted octanol–water partition coefficient (Wildman–Crippen LogP) is 4.23. The monoisotopic (exact) mass is 276 g/mol. The number of hydrogen-bond acceptors (Lipinski definition) is 2. The van der Waals surface area contributed by atoms with Crippen LogP contribution in [0.4, 0.5) is 4.39 Å². The first-order valence-electron chi connectivity index (χ1n) is 6.35. The highest BCUT2D eigenvalue weighted by atomic mass is 32.2. The number of benzene rings is 1. The molecule has 0 saturated heterocycles. The van der Waals surface area contributed by atoms with Gasteiger partial charge in [0.2, 0.25) is 0 Å². The Balaban J connectivity index is 0. The van der Waals surface area contributed by atoms with Crippen LogP contribution >= 0.6 is 0 Å². The number of halogens is 1. The lowest BCUT2D eigenvalue weighted by Crippen LogP contribution is -2.02. The van der Waals surface area contributed by atoms with Crippen LogP contribution in [0.5, 0.6) is 0 Å². The van der Waals surface area contributed by atoms with E-state index in [2.05, 4.69) is 13.8 Å². The van der Waals surface area contributed by atoms with Crippen LogP contribution in [-0.4, -0.2) is 14.7 Å². The van der Waals surface area contributed by atoms with E-state index in [9.17, 15) is 12.8 Å². The van der Waals surface area contributed by atoms with Gasteiger partial charge < -0.3 is 0 Å². The van der Waals surface area contributed by atoms with Crippen molar-refractivity contribution in [3.05, 3.63) is 29.6 Å². The molecule has 18 heavy (non-hydrogen) atoms. The topological polar surface area (TPSA) is 34.1 Å². The number of sulfone groups is 1. The van der Waals surface area contributed by atoms with Gasteiger partial charge in [-0.1, -0.05) is 47.1 Å². The Morgan fingerprint density at radius 2 is 1.56 bits per heavy atom. The molecule has 0 spiro atoms. The lowest BCUT2D eigenvalue weighted by molar-refractivity contribution is 0.594. The molecule has 0 fully saturated rings. The summed E-state index contributed by atoms with van der Waals surface area (Å²) in [6, 6.07) is 3.84. The number of hydrogen-bond donors (Lipinski definition) is 0. The second-order valence-electron chi connectivity index (χ2n) is 3.58. The lowest BCUT2D eigenvalue weighted by atomic mass is 10.2. The Labute approximate surface area is 111 Å². The standard InChI is InChI=1S/C9H11FO2S.C3H8.C2H6/c1-3-7-4-5-8(10)6-9(7)13(2,11)12;1-3-2;1-2/h4-6H,3H2,1-2H3;3H2,1-2H3;1-2H3. The fourth-order valence-corrected chi connectivity index (χ4v) is 2.18. The van der Waals surface area contributed by atoms with Gasteiger partial charge in [0.15, 0.2) is 9.84 Å². The Morgan fingerprint density at radius 3 is 1.89 bits per heavy atom. The summed E-state index contributed by atoms with van der Waals surface area (Å²) < 4.78 is 35.1. The molecule has 0 atom stereocenters. The maximum atomic E-state index is 12.7. The summed E-state index contributed by atoms with van der Waals surface area (Å²) in [5.74, 6) is -0.516. The molecule has 0 bridgehead atoms. The van der Waals surface area contributed by atoms with Crippen molar-refractivity contribution in [2.45, 2.75) is 52.4 Å². The van der Waals surface area contributed by atoms with E-state index >= 15 is 0 Å². The average Bonchev–Trinajstić information content (AvgIpc) is 2.31. The summed E-state index contributed by atoms with van der Waals surface area (Å²) in [6.07, 6.45) is 2.92. The van der Waals surface area contributed by atoms with Gasteiger partial charge in [-0.05, 0) is 24.1 Å². The minimum absolute atomic E-state index is 0.0926. The molecule has 1 aromatic carbocycles. The second kappa shape index (κ2) is 10.1. The maximum absolute atomic E-state index is 12.7. The molecule has 106 valence electrons. The molecule has 4 heteroatoms. The van der Waals surface area contributed by atoms with Crippen molar-refractivity contribution in [2.75, 3.05) is 6.26 Å². The predicted molar refractivity (Wildman–Crippen MR) is 76.2 cm³/mol. The highest BCUT2D eigenvalue weighted by Crippen LogP contribution is 2.17.